The molecule has 0 amide bonds. The quantitative estimate of drug-likeness (QED) is 0.772. The van der Waals surface area contributed by atoms with Crippen LogP contribution in [0.2, 0.25) is 0 Å². The third-order valence-electron chi connectivity index (χ3n) is 4.62. The van der Waals surface area contributed by atoms with Crippen molar-refractivity contribution >= 4 is 0 Å². The van der Waals surface area contributed by atoms with E-state index in [0.29, 0.717) is 5.41 Å². The van der Waals surface area contributed by atoms with Crippen molar-refractivity contribution in [3.05, 3.63) is 0 Å². The Labute approximate surface area is 101 Å². The molecular formula is C14H28N2. The number of nitrogens with zero attached hydrogens (tertiary/aromatic N) is 1. The second-order valence-corrected chi connectivity index (χ2v) is 6.03. The molecule has 1 heterocycles. The maximum Gasteiger partial charge on any atom is 0.00924 e. The standard InChI is InChI=1S/C14H28N2/c1-3-8-14(9-5-10-15-11-14)12-16(2)13-6-4-7-13/h13,15H,3-12H2,1-2H3. The van der Waals surface area contributed by atoms with Crippen molar-refractivity contribution in [2.75, 3.05) is 26.7 Å². The van der Waals surface area contributed by atoms with Crippen molar-refractivity contribution in [3.8, 4) is 0 Å². The van der Waals surface area contributed by atoms with Gasteiger partial charge < -0.3 is 10.2 Å². The summed E-state index contributed by atoms with van der Waals surface area (Å²) in [6, 6.07) is 0.899. The van der Waals surface area contributed by atoms with E-state index in [1.54, 1.807) is 0 Å². The van der Waals surface area contributed by atoms with Gasteiger partial charge in [0.25, 0.3) is 0 Å². The minimum Gasteiger partial charge on any atom is -0.316 e. The van der Waals surface area contributed by atoms with Gasteiger partial charge in [-0.1, -0.05) is 19.8 Å². The zero-order valence-electron chi connectivity index (χ0n) is 11.1. The molecule has 0 aromatic heterocycles. The van der Waals surface area contributed by atoms with Gasteiger partial charge in [0.15, 0.2) is 0 Å². The van der Waals surface area contributed by atoms with E-state index in [1.165, 1.54) is 64.6 Å². The first-order chi connectivity index (χ1) is 7.76. The first-order valence-electron chi connectivity index (χ1n) is 7.17. The van der Waals surface area contributed by atoms with E-state index in [-0.39, 0.29) is 0 Å². The van der Waals surface area contributed by atoms with Crippen LogP contribution in [0.25, 0.3) is 0 Å². The summed E-state index contributed by atoms with van der Waals surface area (Å²) in [5, 5.41) is 3.61. The normalized spacial score (nSPS) is 31.7. The van der Waals surface area contributed by atoms with Crippen LogP contribution in [-0.4, -0.2) is 37.6 Å². The van der Waals surface area contributed by atoms with E-state index in [0.717, 1.165) is 6.04 Å². The highest BCUT2D eigenvalue weighted by atomic mass is 15.1. The van der Waals surface area contributed by atoms with Gasteiger partial charge in [0.1, 0.15) is 0 Å². The molecule has 1 saturated heterocycles. The molecule has 1 unspecified atom stereocenters. The third kappa shape index (κ3) is 2.78. The lowest BCUT2D eigenvalue weighted by atomic mass is 9.76. The number of hydrogen-bond donors (Lipinski definition) is 1. The number of nitrogens with one attached hydrogen (secondary N) is 1. The minimum absolute atomic E-state index is 0.581. The van der Waals surface area contributed by atoms with Crippen LogP contribution in [-0.2, 0) is 0 Å². The molecule has 0 radical (unpaired) electrons. The summed E-state index contributed by atoms with van der Waals surface area (Å²) in [6.07, 6.45) is 9.87. The summed E-state index contributed by atoms with van der Waals surface area (Å²) in [5.41, 5.74) is 0.581. The van der Waals surface area contributed by atoms with Gasteiger partial charge in [0, 0.05) is 19.1 Å². The zero-order valence-corrected chi connectivity index (χ0v) is 11.1. The average Bonchev–Trinajstić information content (AvgIpc) is 2.16. The summed E-state index contributed by atoms with van der Waals surface area (Å²) in [6.45, 7) is 6.13. The molecule has 1 aliphatic carbocycles. The van der Waals surface area contributed by atoms with Gasteiger partial charge in [-0.05, 0) is 51.1 Å². The van der Waals surface area contributed by atoms with Gasteiger partial charge >= 0.3 is 0 Å². The molecule has 1 atom stereocenters. The zero-order chi connectivity index (χ0) is 11.4. The summed E-state index contributed by atoms with van der Waals surface area (Å²) in [5.74, 6) is 0. The van der Waals surface area contributed by atoms with Gasteiger partial charge in [-0.25, -0.2) is 0 Å². The molecule has 94 valence electrons. The number of piperidine rings is 1. The molecule has 2 aliphatic rings. The fourth-order valence-corrected chi connectivity index (χ4v) is 3.47. The van der Waals surface area contributed by atoms with Crippen LogP contribution in [0.1, 0.15) is 51.9 Å². The fraction of sp³-hybridized carbons (Fsp3) is 1.00. The molecule has 0 aromatic rings. The van der Waals surface area contributed by atoms with Crippen molar-refractivity contribution in [1.29, 1.82) is 0 Å². The van der Waals surface area contributed by atoms with Crippen molar-refractivity contribution in [2.45, 2.75) is 57.9 Å². The summed E-state index contributed by atoms with van der Waals surface area (Å²) >= 11 is 0. The molecule has 1 aliphatic heterocycles. The topological polar surface area (TPSA) is 15.3 Å². The van der Waals surface area contributed by atoms with Crippen LogP contribution >= 0.6 is 0 Å². The Kier molecular flexibility index (Phi) is 4.26. The molecule has 2 heteroatoms. The molecule has 1 N–H and O–H groups in total. The molecule has 2 rings (SSSR count). The predicted octanol–water partition coefficient (Wildman–Crippen LogP) is 2.64. The molecule has 0 bridgehead atoms. The largest absolute Gasteiger partial charge is 0.316 e. The molecule has 0 spiro atoms. The van der Waals surface area contributed by atoms with Crippen LogP contribution < -0.4 is 5.32 Å². The second-order valence-electron chi connectivity index (χ2n) is 6.03. The highest BCUT2D eigenvalue weighted by Gasteiger charge is 2.34. The van der Waals surface area contributed by atoms with Gasteiger partial charge in [-0.3, -0.25) is 0 Å². The number of rotatable bonds is 5. The van der Waals surface area contributed by atoms with Crippen LogP contribution in [0.4, 0.5) is 0 Å². The Bertz CT molecular complexity index is 199. The van der Waals surface area contributed by atoms with E-state index in [4.69, 9.17) is 0 Å². The smallest absolute Gasteiger partial charge is 0.00924 e. The average molecular weight is 224 g/mol. The monoisotopic (exact) mass is 224 g/mol. The highest BCUT2D eigenvalue weighted by Crippen LogP contribution is 2.34. The summed E-state index contributed by atoms with van der Waals surface area (Å²) in [7, 11) is 2.34. The fourth-order valence-electron chi connectivity index (χ4n) is 3.47. The minimum atomic E-state index is 0.581. The Morgan fingerprint density at radius 1 is 1.31 bits per heavy atom. The Morgan fingerprint density at radius 2 is 2.12 bits per heavy atom. The molecule has 2 nitrogen and oxygen atoms in total. The van der Waals surface area contributed by atoms with E-state index in [1.807, 2.05) is 0 Å². The summed E-state index contributed by atoms with van der Waals surface area (Å²) < 4.78 is 0. The van der Waals surface area contributed by atoms with Crippen molar-refractivity contribution < 1.29 is 0 Å². The van der Waals surface area contributed by atoms with Gasteiger partial charge in [-0.2, -0.15) is 0 Å². The SMILES string of the molecule is CCCC1(CN(C)C2CCC2)CCCNC1. The first-order valence-corrected chi connectivity index (χ1v) is 7.17. The lowest BCUT2D eigenvalue weighted by molar-refractivity contribution is 0.0683. The maximum atomic E-state index is 3.61. The Balaban J connectivity index is 1.89. The molecule has 16 heavy (non-hydrogen) atoms. The molecule has 1 saturated carbocycles. The first kappa shape index (κ1) is 12.4. The number of hydrogen-bond acceptors (Lipinski definition) is 2. The van der Waals surface area contributed by atoms with E-state index in [2.05, 4.69) is 24.2 Å². The molecule has 2 fully saturated rings. The van der Waals surface area contributed by atoms with Gasteiger partial charge in [0.2, 0.25) is 0 Å². The Hall–Kier alpha value is -0.0800. The second kappa shape index (κ2) is 5.50. The molecular weight excluding hydrogens is 196 g/mol. The van der Waals surface area contributed by atoms with Crippen molar-refractivity contribution in [1.82, 2.24) is 10.2 Å². The molecule has 0 aromatic carbocycles. The van der Waals surface area contributed by atoms with Crippen molar-refractivity contribution in [3.63, 3.8) is 0 Å². The highest BCUT2D eigenvalue weighted by molar-refractivity contribution is 4.90. The summed E-state index contributed by atoms with van der Waals surface area (Å²) in [4.78, 5) is 2.64. The van der Waals surface area contributed by atoms with E-state index in [9.17, 15) is 0 Å². The van der Waals surface area contributed by atoms with E-state index < -0.39 is 0 Å². The lowest BCUT2D eigenvalue weighted by Gasteiger charge is -2.44. The van der Waals surface area contributed by atoms with Crippen molar-refractivity contribution in [2.24, 2.45) is 5.41 Å². The van der Waals surface area contributed by atoms with Gasteiger partial charge in [-0.15, -0.1) is 0 Å². The third-order valence-corrected chi connectivity index (χ3v) is 4.62. The van der Waals surface area contributed by atoms with Crippen LogP contribution in [0.3, 0.4) is 0 Å². The van der Waals surface area contributed by atoms with Gasteiger partial charge in [0.05, 0.1) is 0 Å². The van der Waals surface area contributed by atoms with Crippen LogP contribution in [0.15, 0.2) is 0 Å². The van der Waals surface area contributed by atoms with E-state index >= 15 is 0 Å². The Morgan fingerprint density at radius 3 is 2.62 bits per heavy atom. The van der Waals surface area contributed by atoms with Crippen LogP contribution in [0.5, 0.6) is 0 Å². The lowest BCUT2D eigenvalue weighted by Crippen LogP contribution is -2.50. The predicted molar refractivity (Wildman–Crippen MR) is 69.7 cm³/mol. The maximum absolute atomic E-state index is 3.61. The van der Waals surface area contributed by atoms with Crippen LogP contribution in [0, 0.1) is 5.41 Å².